The molecular formula is C21H19N3O4. The molecule has 3 rings (SSSR count). The fourth-order valence-corrected chi connectivity index (χ4v) is 2.94. The van der Waals surface area contributed by atoms with E-state index >= 15 is 0 Å². The molecule has 0 spiro atoms. The average molecular weight is 377 g/mol. The summed E-state index contributed by atoms with van der Waals surface area (Å²) in [6, 6.07) is 18.6. The van der Waals surface area contributed by atoms with Crippen molar-refractivity contribution < 1.29 is 14.5 Å². The van der Waals surface area contributed by atoms with Crippen LogP contribution in [0.25, 0.3) is 0 Å². The van der Waals surface area contributed by atoms with Crippen LogP contribution in [0.3, 0.4) is 0 Å². The summed E-state index contributed by atoms with van der Waals surface area (Å²) >= 11 is 0. The Morgan fingerprint density at radius 2 is 1.46 bits per heavy atom. The fourth-order valence-electron chi connectivity index (χ4n) is 2.94. The number of esters is 1. The zero-order valence-electron chi connectivity index (χ0n) is 15.0. The molecule has 0 radical (unpaired) electrons. The first kappa shape index (κ1) is 18.9. The smallest absolute Gasteiger partial charge is 0.340 e. The number of nitro benzene ring substituents is 1. The van der Waals surface area contributed by atoms with Gasteiger partial charge in [-0.15, -0.1) is 0 Å². The summed E-state index contributed by atoms with van der Waals surface area (Å²) in [4.78, 5) is 23.3. The maximum atomic E-state index is 12.7. The highest BCUT2D eigenvalue weighted by Crippen LogP contribution is 2.25. The molecule has 0 aliphatic heterocycles. The third kappa shape index (κ3) is 4.09. The van der Waals surface area contributed by atoms with Crippen molar-refractivity contribution in [2.24, 2.45) is 0 Å². The Labute approximate surface area is 161 Å². The second kappa shape index (κ2) is 8.22. The lowest BCUT2D eigenvalue weighted by Gasteiger charge is -2.13. The van der Waals surface area contributed by atoms with Crippen LogP contribution in [-0.4, -0.2) is 10.9 Å². The summed E-state index contributed by atoms with van der Waals surface area (Å²) in [7, 11) is 0. The predicted molar refractivity (Wildman–Crippen MR) is 107 cm³/mol. The fraction of sp³-hybridized carbons (Fsp3) is 0.0952. The topological polar surface area (TPSA) is 121 Å². The largest absolute Gasteiger partial charge is 0.457 e. The molecule has 28 heavy (non-hydrogen) atoms. The number of carbonyl (C=O) groups excluding carboxylic acids is 1. The van der Waals surface area contributed by atoms with E-state index in [1.807, 2.05) is 18.2 Å². The second-order valence-electron chi connectivity index (χ2n) is 6.22. The van der Waals surface area contributed by atoms with E-state index in [2.05, 4.69) is 0 Å². The molecule has 0 amide bonds. The second-order valence-corrected chi connectivity index (χ2v) is 6.22. The van der Waals surface area contributed by atoms with Gasteiger partial charge in [0.1, 0.15) is 6.61 Å². The monoisotopic (exact) mass is 377 g/mol. The van der Waals surface area contributed by atoms with E-state index in [0.717, 1.165) is 5.56 Å². The number of benzene rings is 3. The molecule has 0 aromatic heterocycles. The third-order valence-corrected chi connectivity index (χ3v) is 4.37. The lowest BCUT2D eigenvalue weighted by atomic mass is 9.97. The van der Waals surface area contributed by atoms with Crippen molar-refractivity contribution in [1.29, 1.82) is 0 Å². The number of hydrogen-bond acceptors (Lipinski definition) is 6. The van der Waals surface area contributed by atoms with Gasteiger partial charge in [0.15, 0.2) is 0 Å². The molecule has 0 atom stereocenters. The van der Waals surface area contributed by atoms with Crippen molar-refractivity contribution in [2.75, 3.05) is 11.5 Å². The number of nitrogen functional groups attached to an aromatic ring is 2. The van der Waals surface area contributed by atoms with Crippen molar-refractivity contribution in [2.45, 2.75) is 13.0 Å². The summed E-state index contributed by atoms with van der Waals surface area (Å²) in [5.41, 5.74) is 14.9. The predicted octanol–water partition coefficient (Wildman–Crippen LogP) is 3.71. The van der Waals surface area contributed by atoms with Gasteiger partial charge in [-0.25, -0.2) is 4.79 Å². The molecule has 0 fully saturated rings. The van der Waals surface area contributed by atoms with Crippen molar-refractivity contribution in [3.63, 3.8) is 0 Å². The number of hydrogen-bond donors (Lipinski definition) is 2. The van der Waals surface area contributed by atoms with Gasteiger partial charge in [0.2, 0.25) is 0 Å². The van der Waals surface area contributed by atoms with Gasteiger partial charge in [-0.2, -0.15) is 0 Å². The van der Waals surface area contributed by atoms with Crippen LogP contribution in [0.2, 0.25) is 0 Å². The van der Waals surface area contributed by atoms with E-state index in [1.165, 1.54) is 6.07 Å². The van der Waals surface area contributed by atoms with E-state index < -0.39 is 10.9 Å². The summed E-state index contributed by atoms with van der Waals surface area (Å²) in [6.07, 6.45) is 0.410. The highest BCUT2D eigenvalue weighted by molar-refractivity contribution is 5.97. The Bertz CT molecular complexity index is 1030. The van der Waals surface area contributed by atoms with Crippen LogP contribution in [0.5, 0.6) is 0 Å². The Hall–Kier alpha value is -3.87. The molecule has 3 aromatic rings. The summed E-state index contributed by atoms with van der Waals surface area (Å²) in [5.74, 6) is -0.638. The van der Waals surface area contributed by atoms with Gasteiger partial charge in [-0.3, -0.25) is 10.1 Å². The standard InChI is InChI=1S/C21H19N3O4/c22-17-9-3-1-6-14(17)12-15-8-5-10-18(23)20(15)21(25)28-13-16-7-2-4-11-19(16)24(26)27/h1-11H,12-13,22-23H2. The Morgan fingerprint density at radius 3 is 2.18 bits per heavy atom. The number of para-hydroxylation sites is 2. The van der Waals surface area contributed by atoms with Gasteiger partial charge in [0.05, 0.1) is 16.1 Å². The molecule has 0 unspecified atom stereocenters. The van der Waals surface area contributed by atoms with Crippen LogP contribution in [0.1, 0.15) is 27.0 Å². The van der Waals surface area contributed by atoms with E-state index in [-0.39, 0.29) is 23.5 Å². The molecule has 0 bridgehead atoms. The Balaban J connectivity index is 1.84. The van der Waals surface area contributed by atoms with Crippen LogP contribution in [0.15, 0.2) is 66.7 Å². The Kier molecular flexibility index (Phi) is 5.55. The van der Waals surface area contributed by atoms with Crippen molar-refractivity contribution in [1.82, 2.24) is 0 Å². The van der Waals surface area contributed by atoms with Gasteiger partial charge >= 0.3 is 5.97 Å². The van der Waals surface area contributed by atoms with E-state index in [4.69, 9.17) is 16.2 Å². The van der Waals surface area contributed by atoms with Crippen LogP contribution < -0.4 is 11.5 Å². The normalized spacial score (nSPS) is 10.4. The summed E-state index contributed by atoms with van der Waals surface area (Å²) in [6.45, 7) is -0.225. The quantitative estimate of drug-likeness (QED) is 0.292. The minimum Gasteiger partial charge on any atom is -0.457 e. The number of ether oxygens (including phenoxy) is 1. The van der Waals surface area contributed by atoms with Gasteiger partial charge in [-0.05, 0) is 29.3 Å². The first-order valence-corrected chi connectivity index (χ1v) is 8.57. The minimum atomic E-state index is -0.638. The van der Waals surface area contributed by atoms with Gasteiger partial charge in [-0.1, -0.05) is 42.5 Å². The summed E-state index contributed by atoms with van der Waals surface area (Å²) < 4.78 is 5.34. The van der Waals surface area contributed by atoms with Crippen LogP contribution >= 0.6 is 0 Å². The van der Waals surface area contributed by atoms with Crippen molar-refractivity contribution in [3.05, 3.63) is 99.1 Å². The molecule has 0 saturated heterocycles. The molecule has 0 aliphatic carbocycles. The van der Waals surface area contributed by atoms with Gasteiger partial charge in [0.25, 0.3) is 5.69 Å². The highest BCUT2D eigenvalue weighted by atomic mass is 16.6. The molecule has 0 saturated carbocycles. The van der Waals surface area contributed by atoms with E-state index in [0.29, 0.717) is 23.2 Å². The van der Waals surface area contributed by atoms with Gasteiger partial charge in [0, 0.05) is 23.9 Å². The van der Waals surface area contributed by atoms with Crippen LogP contribution in [-0.2, 0) is 17.8 Å². The molecule has 7 nitrogen and oxygen atoms in total. The zero-order chi connectivity index (χ0) is 20.1. The molecule has 4 N–H and O–H groups in total. The first-order valence-electron chi connectivity index (χ1n) is 8.57. The number of nitro groups is 1. The average Bonchev–Trinajstić information content (AvgIpc) is 2.68. The number of rotatable bonds is 6. The molecule has 0 aliphatic rings. The molecule has 3 aromatic carbocycles. The molecule has 7 heteroatoms. The summed E-state index contributed by atoms with van der Waals surface area (Å²) in [5, 5.41) is 11.1. The number of carbonyl (C=O) groups is 1. The maximum absolute atomic E-state index is 12.7. The number of nitrogens with zero attached hydrogens (tertiary/aromatic N) is 1. The highest BCUT2D eigenvalue weighted by Gasteiger charge is 2.19. The van der Waals surface area contributed by atoms with E-state index in [1.54, 1.807) is 42.5 Å². The third-order valence-electron chi connectivity index (χ3n) is 4.37. The Morgan fingerprint density at radius 1 is 0.857 bits per heavy atom. The van der Waals surface area contributed by atoms with Crippen LogP contribution in [0, 0.1) is 10.1 Å². The van der Waals surface area contributed by atoms with E-state index in [9.17, 15) is 14.9 Å². The zero-order valence-corrected chi connectivity index (χ0v) is 15.0. The molecule has 142 valence electrons. The van der Waals surface area contributed by atoms with Crippen molar-refractivity contribution in [3.8, 4) is 0 Å². The number of anilines is 2. The van der Waals surface area contributed by atoms with Crippen molar-refractivity contribution >= 4 is 23.0 Å². The number of nitrogens with two attached hydrogens (primary N) is 2. The molecule has 0 heterocycles. The van der Waals surface area contributed by atoms with Gasteiger partial charge < -0.3 is 16.2 Å². The molecular weight excluding hydrogens is 358 g/mol. The van der Waals surface area contributed by atoms with Crippen LogP contribution in [0.4, 0.5) is 17.1 Å². The lowest BCUT2D eigenvalue weighted by Crippen LogP contribution is -2.12. The SMILES string of the molecule is Nc1ccccc1Cc1cccc(N)c1C(=O)OCc1ccccc1[N+](=O)[O-]. The lowest BCUT2D eigenvalue weighted by molar-refractivity contribution is -0.385. The minimum absolute atomic E-state index is 0.103. The first-order chi connectivity index (χ1) is 13.5. The maximum Gasteiger partial charge on any atom is 0.340 e.